The minimum atomic E-state index is -0.636. The van der Waals surface area contributed by atoms with Crippen molar-refractivity contribution in [3.8, 4) is 0 Å². The van der Waals surface area contributed by atoms with Crippen LogP contribution in [0.5, 0.6) is 0 Å². The highest BCUT2D eigenvalue weighted by Crippen LogP contribution is 2.23. The first-order valence-corrected chi connectivity index (χ1v) is 10.9. The molecule has 0 unspecified atom stereocenters. The van der Waals surface area contributed by atoms with Crippen LogP contribution in [0.3, 0.4) is 0 Å². The quantitative estimate of drug-likeness (QED) is 0.731. The second kappa shape index (κ2) is 9.31. The molecule has 2 N–H and O–H groups in total. The molecule has 0 saturated carbocycles. The van der Waals surface area contributed by atoms with E-state index in [0.29, 0.717) is 12.2 Å². The summed E-state index contributed by atoms with van der Waals surface area (Å²) in [6, 6.07) is -0.636. The second-order valence-electron chi connectivity index (χ2n) is 9.45. The fourth-order valence-electron chi connectivity index (χ4n) is 4.12. The number of carbonyl (C=O) groups excluding carboxylic acids is 2. The number of likely N-dealkylation sites (N-methyl/N-ethyl adjacent to an activating group) is 2. The Morgan fingerprint density at radius 2 is 1.87 bits per heavy atom. The zero-order valence-electron chi connectivity index (χ0n) is 19.0. The van der Waals surface area contributed by atoms with E-state index in [1.165, 1.54) is 12.8 Å². The molecule has 0 spiro atoms. The molecule has 1 aromatic heterocycles. The Morgan fingerprint density at radius 1 is 1.17 bits per heavy atom. The van der Waals surface area contributed by atoms with Gasteiger partial charge < -0.3 is 15.2 Å². The molecule has 1 aromatic rings. The molecule has 0 bridgehead atoms. The van der Waals surface area contributed by atoms with Crippen molar-refractivity contribution in [1.82, 2.24) is 30.0 Å². The number of likely N-dealkylation sites (tertiary alicyclic amines) is 1. The fourth-order valence-corrected chi connectivity index (χ4v) is 4.12. The number of nitrogens with zero attached hydrogens (tertiary/aromatic N) is 4. The number of fused-ring (bicyclic) bond motifs is 1. The second-order valence-corrected chi connectivity index (χ2v) is 9.45. The number of aromatic nitrogens is 2. The van der Waals surface area contributed by atoms with Gasteiger partial charge in [-0.15, -0.1) is 0 Å². The lowest BCUT2D eigenvalue weighted by atomic mass is 9.86. The topological polar surface area (TPSA) is 82.5 Å². The Labute approximate surface area is 179 Å². The summed E-state index contributed by atoms with van der Waals surface area (Å²) in [4.78, 5) is 34.9. The standard InChI is InChI=1S/C22H36N6O2/c1-22(2,3)19(21(30)23-4)25-20(29)18-16-15-26(5)13-14-28(16)17(24-18)9-8-12-27-10-6-7-11-27/h8-9,19H,6-7,10-15H2,1-5H3,(H,23,30)(H,25,29)/t19-/m1/s1. The number of rotatable bonds is 6. The van der Waals surface area contributed by atoms with Gasteiger partial charge in [-0.2, -0.15) is 0 Å². The minimum absolute atomic E-state index is 0.202. The van der Waals surface area contributed by atoms with E-state index in [0.717, 1.165) is 44.2 Å². The van der Waals surface area contributed by atoms with E-state index in [1.54, 1.807) is 7.05 Å². The molecular weight excluding hydrogens is 380 g/mol. The predicted molar refractivity (Wildman–Crippen MR) is 118 cm³/mol. The van der Waals surface area contributed by atoms with Crippen LogP contribution in [-0.4, -0.2) is 77.5 Å². The number of carbonyl (C=O) groups is 2. The molecule has 30 heavy (non-hydrogen) atoms. The third kappa shape index (κ3) is 5.10. The average Bonchev–Trinajstić information content (AvgIpc) is 3.32. The maximum Gasteiger partial charge on any atom is 0.272 e. The molecule has 3 rings (SSSR count). The van der Waals surface area contributed by atoms with E-state index >= 15 is 0 Å². The van der Waals surface area contributed by atoms with Crippen molar-refractivity contribution in [3.05, 3.63) is 23.3 Å². The Bertz CT molecular complexity index is 801. The summed E-state index contributed by atoms with van der Waals surface area (Å²) in [6.45, 7) is 11.4. The Hall–Kier alpha value is -2.19. The highest BCUT2D eigenvalue weighted by Gasteiger charge is 2.34. The zero-order valence-corrected chi connectivity index (χ0v) is 19.0. The predicted octanol–water partition coefficient (Wildman–Crippen LogP) is 1.33. The van der Waals surface area contributed by atoms with Crippen molar-refractivity contribution in [3.63, 3.8) is 0 Å². The number of hydrogen-bond donors (Lipinski definition) is 2. The van der Waals surface area contributed by atoms with Gasteiger partial charge in [0.2, 0.25) is 5.91 Å². The molecular formula is C22H36N6O2. The van der Waals surface area contributed by atoms with Gasteiger partial charge >= 0.3 is 0 Å². The lowest BCUT2D eigenvalue weighted by Crippen LogP contribution is -2.53. The Balaban J connectivity index is 1.84. The third-order valence-electron chi connectivity index (χ3n) is 5.92. The van der Waals surface area contributed by atoms with E-state index in [-0.39, 0.29) is 11.8 Å². The van der Waals surface area contributed by atoms with Gasteiger partial charge in [0.05, 0.1) is 5.69 Å². The molecule has 166 valence electrons. The van der Waals surface area contributed by atoms with Crippen LogP contribution >= 0.6 is 0 Å². The van der Waals surface area contributed by atoms with Crippen LogP contribution in [0.1, 0.15) is 55.6 Å². The molecule has 1 saturated heterocycles. The van der Waals surface area contributed by atoms with E-state index < -0.39 is 11.5 Å². The molecule has 2 aliphatic rings. The Kier molecular flexibility index (Phi) is 6.98. The van der Waals surface area contributed by atoms with Crippen molar-refractivity contribution in [2.45, 2.75) is 52.7 Å². The number of imidazole rings is 1. The molecule has 8 nitrogen and oxygen atoms in total. The average molecular weight is 417 g/mol. The lowest BCUT2D eigenvalue weighted by Gasteiger charge is -2.30. The smallest absolute Gasteiger partial charge is 0.272 e. The van der Waals surface area contributed by atoms with Crippen LogP contribution in [0.2, 0.25) is 0 Å². The van der Waals surface area contributed by atoms with Crippen LogP contribution in [0.25, 0.3) is 6.08 Å². The minimum Gasteiger partial charge on any atom is -0.357 e. The van der Waals surface area contributed by atoms with E-state index in [1.807, 2.05) is 33.9 Å². The van der Waals surface area contributed by atoms with Crippen LogP contribution < -0.4 is 10.6 Å². The van der Waals surface area contributed by atoms with E-state index in [4.69, 9.17) is 4.98 Å². The normalized spacial score (nSPS) is 19.1. The van der Waals surface area contributed by atoms with Gasteiger partial charge in [0, 0.05) is 33.2 Å². The first-order valence-electron chi connectivity index (χ1n) is 10.9. The third-order valence-corrected chi connectivity index (χ3v) is 5.92. The van der Waals surface area contributed by atoms with Crippen molar-refractivity contribution >= 4 is 17.9 Å². The van der Waals surface area contributed by atoms with Gasteiger partial charge in [-0.1, -0.05) is 26.8 Å². The number of nitrogens with one attached hydrogen (secondary N) is 2. The molecule has 2 aliphatic heterocycles. The first kappa shape index (κ1) is 22.5. The van der Waals surface area contributed by atoms with Crippen LogP contribution in [0, 0.1) is 5.41 Å². The lowest BCUT2D eigenvalue weighted by molar-refractivity contribution is -0.124. The van der Waals surface area contributed by atoms with Gasteiger partial charge in [-0.25, -0.2) is 4.98 Å². The van der Waals surface area contributed by atoms with Gasteiger partial charge in [0.1, 0.15) is 11.9 Å². The zero-order chi connectivity index (χ0) is 21.9. The fraction of sp³-hybridized carbons (Fsp3) is 0.682. The van der Waals surface area contributed by atoms with Crippen LogP contribution in [0.15, 0.2) is 6.08 Å². The van der Waals surface area contributed by atoms with Gasteiger partial charge in [-0.3, -0.25) is 19.4 Å². The Morgan fingerprint density at radius 3 is 2.50 bits per heavy atom. The molecule has 1 atom stereocenters. The van der Waals surface area contributed by atoms with Crippen LogP contribution in [0.4, 0.5) is 0 Å². The summed E-state index contributed by atoms with van der Waals surface area (Å²) in [6.07, 6.45) is 6.71. The molecule has 0 aromatic carbocycles. The summed E-state index contributed by atoms with van der Waals surface area (Å²) in [7, 11) is 3.63. The highest BCUT2D eigenvalue weighted by molar-refractivity contribution is 5.97. The summed E-state index contributed by atoms with van der Waals surface area (Å²) < 4.78 is 2.14. The molecule has 3 heterocycles. The number of amides is 2. The molecule has 8 heteroatoms. The van der Waals surface area contributed by atoms with E-state index in [9.17, 15) is 9.59 Å². The van der Waals surface area contributed by atoms with E-state index in [2.05, 4.69) is 31.1 Å². The van der Waals surface area contributed by atoms with Crippen molar-refractivity contribution in [2.24, 2.45) is 5.41 Å². The molecule has 0 radical (unpaired) electrons. The molecule has 0 aliphatic carbocycles. The van der Waals surface area contributed by atoms with Crippen molar-refractivity contribution in [2.75, 3.05) is 40.3 Å². The van der Waals surface area contributed by atoms with Gasteiger partial charge in [-0.05, 0) is 44.5 Å². The maximum absolute atomic E-state index is 13.2. The highest BCUT2D eigenvalue weighted by atomic mass is 16.2. The first-order chi connectivity index (χ1) is 14.2. The monoisotopic (exact) mass is 416 g/mol. The summed E-state index contributed by atoms with van der Waals surface area (Å²) >= 11 is 0. The summed E-state index contributed by atoms with van der Waals surface area (Å²) in [5, 5.41) is 5.58. The van der Waals surface area contributed by atoms with Crippen molar-refractivity contribution < 1.29 is 9.59 Å². The molecule has 1 fully saturated rings. The van der Waals surface area contributed by atoms with Gasteiger partial charge in [0.15, 0.2) is 5.69 Å². The summed E-state index contributed by atoms with van der Waals surface area (Å²) in [5.41, 5.74) is 0.914. The molecule has 2 amide bonds. The van der Waals surface area contributed by atoms with Crippen molar-refractivity contribution in [1.29, 1.82) is 0 Å². The number of hydrogen-bond acceptors (Lipinski definition) is 5. The summed E-state index contributed by atoms with van der Waals surface area (Å²) in [5.74, 6) is 0.318. The SMILES string of the molecule is CNC(=O)[C@@H](NC(=O)c1nc(C=CCN2CCCC2)n2c1CN(C)CC2)C(C)(C)C. The largest absolute Gasteiger partial charge is 0.357 e. The van der Waals surface area contributed by atoms with Gasteiger partial charge in [0.25, 0.3) is 5.91 Å². The van der Waals surface area contributed by atoms with Crippen LogP contribution in [-0.2, 0) is 17.9 Å². The maximum atomic E-state index is 13.2.